The lowest BCUT2D eigenvalue weighted by Crippen LogP contribution is -2.09. The summed E-state index contributed by atoms with van der Waals surface area (Å²) in [4.78, 5) is 12.4. The highest BCUT2D eigenvalue weighted by Crippen LogP contribution is 2.21. The third-order valence-corrected chi connectivity index (χ3v) is 5.18. The number of carbonyl (C=O) groups excluding carboxylic acids is 1. The summed E-state index contributed by atoms with van der Waals surface area (Å²) in [6.07, 6.45) is 1.77. The Morgan fingerprint density at radius 3 is 2.75 bits per heavy atom. The zero-order valence-electron chi connectivity index (χ0n) is 15.5. The van der Waals surface area contributed by atoms with Crippen molar-refractivity contribution in [3.63, 3.8) is 0 Å². The van der Waals surface area contributed by atoms with E-state index < -0.39 is 0 Å². The molecule has 0 fully saturated rings. The number of rotatable bonds is 9. The van der Waals surface area contributed by atoms with Crippen molar-refractivity contribution >= 4 is 29.1 Å². The maximum absolute atomic E-state index is 12.4. The van der Waals surface area contributed by atoms with Crippen LogP contribution in [0, 0.1) is 6.92 Å². The molecular formula is C21H20ClN3O2S. The molecule has 1 heterocycles. The second-order valence-corrected chi connectivity index (χ2v) is 7.50. The summed E-state index contributed by atoms with van der Waals surface area (Å²) in [7, 11) is 0. The van der Waals surface area contributed by atoms with Gasteiger partial charge in [-0.3, -0.25) is 9.36 Å². The van der Waals surface area contributed by atoms with E-state index in [0.717, 1.165) is 11.3 Å². The Hall–Kier alpha value is -2.57. The zero-order chi connectivity index (χ0) is 19.9. The van der Waals surface area contributed by atoms with E-state index in [1.165, 1.54) is 11.8 Å². The number of aromatic nitrogens is 3. The standard InChI is InChI=1S/C21H20ClN3O2S/c1-3-11-25-20(13-27-18-6-4-5-15(2)12-18)23-24-21(25)28-14-19(26)16-7-9-17(22)10-8-16/h3-10,12H,1,11,13-14H2,2H3. The van der Waals surface area contributed by atoms with Gasteiger partial charge in [0.1, 0.15) is 12.4 Å². The van der Waals surface area contributed by atoms with Gasteiger partial charge in [-0.2, -0.15) is 0 Å². The minimum absolute atomic E-state index is 0.00683. The van der Waals surface area contributed by atoms with Crippen LogP contribution < -0.4 is 4.74 Å². The molecule has 3 aromatic rings. The third-order valence-electron chi connectivity index (χ3n) is 3.96. The number of nitrogens with zero attached hydrogens (tertiary/aromatic N) is 3. The highest BCUT2D eigenvalue weighted by molar-refractivity contribution is 7.99. The third kappa shape index (κ3) is 5.24. The molecule has 0 aliphatic rings. The van der Waals surface area contributed by atoms with Crippen LogP contribution in [0.4, 0.5) is 0 Å². The summed E-state index contributed by atoms with van der Waals surface area (Å²) in [6.45, 7) is 6.63. The molecule has 0 aliphatic carbocycles. The van der Waals surface area contributed by atoms with Crippen LogP contribution >= 0.6 is 23.4 Å². The van der Waals surface area contributed by atoms with Gasteiger partial charge in [-0.25, -0.2) is 0 Å². The van der Waals surface area contributed by atoms with Gasteiger partial charge in [-0.05, 0) is 48.9 Å². The summed E-state index contributed by atoms with van der Waals surface area (Å²) in [5, 5.41) is 9.71. The monoisotopic (exact) mass is 413 g/mol. The quantitative estimate of drug-likeness (QED) is 0.281. The number of aryl methyl sites for hydroxylation is 1. The largest absolute Gasteiger partial charge is 0.486 e. The lowest BCUT2D eigenvalue weighted by atomic mass is 10.1. The fraction of sp³-hybridized carbons (Fsp3) is 0.190. The van der Waals surface area contributed by atoms with Crippen molar-refractivity contribution in [3.8, 4) is 5.75 Å². The fourth-order valence-electron chi connectivity index (χ4n) is 2.55. The fourth-order valence-corrected chi connectivity index (χ4v) is 3.53. The normalized spacial score (nSPS) is 10.6. The number of hydrogen-bond acceptors (Lipinski definition) is 5. The van der Waals surface area contributed by atoms with Gasteiger partial charge in [0.05, 0.1) is 5.75 Å². The van der Waals surface area contributed by atoms with E-state index in [9.17, 15) is 4.79 Å². The molecule has 0 N–H and O–H groups in total. The highest BCUT2D eigenvalue weighted by atomic mass is 35.5. The molecule has 0 unspecified atom stereocenters. The molecule has 144 valence electrons. The van der Waals surface area contributed by atoms with Gasteiger partial charge < -0.3 is 4.74 Å². The van der Waals surface area contributed by atoms with Crippen molar-refractivity contribution in [2.75, 3.05) is 5.75 Å². The predicted molar refractivity (Wildman–Crippen MR) is 112 cm³/mol. The molecule has 0 radical (unpaired) electrons. The lowest BCUT2D eigenvalue weighted by Gasteiger charge is -2.09. The number of thioether (sulfide) groups is 1. The van der Waals surface area contributed by atoms with Crippen LogP contribution in [0.25, 0.3) is 0 Å². The molecule has 0 atom stereocenters. The van der Waals surface area contributed by atoms with Gasteiger partial charge in [0.15, 0.2) is 16.8 Å². The first-order chi connectivity index (χ1) is 13.6. The van der Waals surface area contributed by atoms with E-state index in [1.54, 1.807) is 30.3 Å². The number of hydrogen-bond donors (Lipinski definition) is 0. The average molecular weight is 414 g/mol. The smallest absolute Gasteiger partial charge is 0.192 e. The summed E-state index contributed by atoms with van der Waals surface area (Å²) >= 11 is 7.21. The number of ketones is 1. The summed E-state index contributed by atoms with van der Waals surface area (Å²) in [5.41, 5.74) is 1.75. The average Bonchev–Trinajstić information content (AvgIpc) is 3.07. The SMILES string of the molecule is C=CCn1c(COc2cccc(C)c2)nnc1SCC(=O)c1ccc(Cl)cc1. The Morgan fingerprint density at radius 1 is 1.25 bits per heavy atom. The Labute approximate surface area is 173 Å². The minimum Gasteiger partial charge on any atom is -0.486 e. The summed E-state index contributed by atoms with van der Waals surface area (Å²) in [5.74, 6) is 1.73. The minimum atomic E-state index is 0.00683. The van der Waals surface area contributed by atoms with Crippen LogP contribution in [-0.2, 0) is 13.2 Å². The molecule has 7 heteroatoms. The van der Waals surface area contributed by atoms with Crippen LogP contribution in [-0.4, -0.2) is 26.3 Å². The van der Waals surface area contributed by atoms with Gasteiger partial charge in [0.25, 0.3) is 0 Å². The van der Waals surface area contributed by atoms with E-state index in [2.05, 4.69) is 16.8 Å². The lowest BCUT2D eigenvalue weighted by molar-refractivity contribution is 0.102. The van der Waals surface area contributed by atoms with Crippen molar-refractivity contribution in [1.29, 1.82) is 0 Å². The van der Waals surface area contributed by atoms with E-state index in [0.29, 0.717) is 28.1 Å². The number of allylic oxidation sites excluding steroid dienone is 1. The van der Waals surface area contributed by atoms with Crippen molar-refractivity contribution in [1.82, 2.24) is 14.8 Å². The maximum atomic E-state index is 12.4. The molecule has 3 rings (SSSR count). The number of benzene rings is 2. The molecule has 0 spiro atoms. The van der Waals surface area contributed by atoms with Crippen molar-refractivity contribution in [3.05, 3.63) is 83.2 Å². The van der Waals surface area contributed by atoms with Gasteiger partial charge >= 0.3 is 0 Å². The first kappa shape index (κ1) is 20.2. The molecule has 1 aromatic heterocycles. The van der Waals surface area contributed by atoms with Gasteiger partial charge in [-0.15, -0.1) is 16.8 Å². The van der Waals surface area contributed by atoms with Crippen molar-refractivity contribution in [2.45, 2.75) is 25.2 Å². The Balaban J connectivity index is 1.66. The van der Waals surface area contributed by atoms with Crippen LogP contribution in [0.1, 0.15) is 21.7 Å². The molecule has 5 nitrogen and oxygen atoms in total. The van der Waals surface area contributed by atoms with Crippen LogP contribution in [0.2, 0.25) is 5.02 Å². The summed E-state index contributed by atoms with van der Waals surface area (Å²) < 4.78 is 7.74. The van der Waals surface area contributed by atoms with E-state index >= 15 is 0 Å². The Kier molecular flexibility index (Phi) is 6.90. The molecule has 0 saturated carbocycles. The molecule has 28 heavy (non-hydrogen) atoms. The molecule has 0 amide bonds. The maximum Gasteiger partial charge on any atom is 0.192 e. The molecule has 2 aromatic carbocycles. The zero-order valence-corrected chi connectivity index (χ0v) is 17.0. The Bertz CT molecular complexity index is 970. The molecular weight excluding hydrogens is 394 g/mol. The Morgan fingerprint density at radius 2 is 2.04 bits per heavy atom. The number of ether oxygens (including phenoxy) is 1. The van der Waals surface area contributed by atoms with E-state index in [-0.39, 0.29) is 18.1 Å². The second-order valence-electron chi connectivity index (χ2n) is 6.12. The van der Waals surface area contributed by atoms with Gasteiger partial charge in [-0.1, -0.05) is 41.6 Å². The molecule has 0 saturated heterocycles. The van der Waals surface area contributed by atoms with E-state index in [4.69, 9.17) is 16.3 Å². The first-order valence-corrected chi connectivity index (χ1v) is 10.1. The molecule has 0 bridgehead atoms. The number of carbonyl (C=O) groups is 1. The predicted octanol–water partition coefficient (Wildman–Crippen LogP) is 4.98. The van der Waals surface area contributed by atoms with Crippen LogP contribution in [0.3, 0.4) is 0 Å². The van der Waals surface area contributed by atoms with Crippen LogP contribution in [0.5, 0.6) is 5.75 Å². The topological polar surface area (TPSA) is 57.0 Å². The van der Waals surface area contributed by atoms with Crippen LogP contribution in [0.15, 0.2) is 66.3 Å². The van der Waals surface area contributed by atoms with Crippen molar-refractivity contribution in [2.24, 2.45) is 0 Å². The van der Waals surface area contributed by atoms with E-state index in [1.807, 2.05) is 35.8 Å². The van der Waals surface area contributed by atoms with Gasteiger partial charge in [0.2, 0.25) is 0 Å². The highest BCUT2D eigenvalue weighted by Gasteiger charge is 2.15. The summed E-state index contributed by atoms with van der Waals surface area (Å²) in [6, 6.07) is 14.7. The first-order valence-electron chi connectivity index (χ1n) is 8.71. The second kappa shape index (κ2) is 9.57. The van der Waals surface area contributed by atoms with Crippen molar-refractivity contribution < 1.29 is 9.53 Å². The number of Topliss-reactive ketones (excluding diaryl/α,β-unsaturated/α-hetero) is 1. The van der Waals surface area contributed by atoms with Gasteiger partial charge in [0, 0.05) is 17.1 Å². The molecule has 0 aliphatic heterocycles. The number of halogens is 1.